The second-order valence-electron chi connectivity index (χ2n) is 6.59. The molecule has 25 heavy (non-hydrogen) atoms. The number of amides is 1. The number of rotatable bonds is 3. The smallest absolute Gasteiger partial charge is 0.254 e. The Morgan fingerprint density at radius 1 is 1.04 bits per heavy atom. The first-order valence-corrected chi connectivity index (χ1v) is 8.61. The Morgan fingerprint density at radius 2 is 1.80 bits per heavy atom. The second kappa shape index (κ2) is 6.76. The van der Waals surface area contributed by atoms with Crippen LogP contribution in [0.2, 0.25) is 0 Å². The summed E-state index contributed by atoms with van der Waals surface area (Å²) >= 11 is 0. The van der Waals surface area contributed by atoms with Crippen molar-refractivity contribution in [1.82, 2.24) is 4.90 Å². The highest BCUT2D eigenvalue weighted by Gasteiger charge is 2.34. The zero-order chi connectivity index (χ0) is 17.2. The van der Waals surface area contributed by atoms with E-state index < -0.39 is 6.10 Å². The van der Waals surface area contributed by atoms with Crippen molar-refractivity contribution in [3.8, 4) is 11.5 Å². The molecular formula is C20H21NO4. The molecule has 0 spiro atoms. The van der Waals surface area contributed by atoms with Crippen molar-refractivity contribution in [2.45, 2.75) is 12.5 Å². The number of carbonyl (C=O) groups excluding carboxylic acids is 1. The van der Waals surface area contributed by atoms with Crippen molar-refractivity contribution in [2.75, 3.05) is 26.3 Å². The molecule has 2 aliphatic heterocycles. The molecule has 2 atom stereocenters. The van der Waals surface area contributed by atoms with Crippen molar-refractivity contribution in [1.29, 1.82) is 0 Å². The first kappa shape index (κ1) is 16.0. The van der Waals surface area contributed by atoms with Gasteiger partial charge in [-0.3, -0.25) is 4.79 Å². The maximum absolute atomic E-state index is 12.8. The molecule has 1 N–H and O–H groups in total. The number of nitrogens with zero attached hydrogens (tertiary/aromatic N) is 1. The van der Waals surface area contributed by atoms with Gasteiger partial charge in [-0.1, -0.05) is 30.3 Å². The van der Waals surface area contributed by atoms with Crippen LogP contribution in [0.1, 0.15) is 15.9 Å². The van der Waals surface area contributed by atoms with Crippen LogP contribution in [0, 0.1) is 5.92 Å². The third-order valence-electron chi connectivity index (χ3n) is 4.82. The average molecular weight is 339 g/mol. The molecular weight excluding hydrogens is 318 g/mol. The quantitative estimate of drug-likeness (QED) is 0.931. The maximum Gasteiger partial charge on any atom is 0.254 e. The van der Waals surface area contributed by atoms with Crippen LogP contribution in [-0.2, 0) is 6.42 Å². The fourth-order valence-corrected chi connectivity index (χ4v) is 3.50. The summed E-state index contributed by atoms with van der Waals surface area (Å²) in [6, 6.07) is 15.3. The summed E-state index contributed by atoms with van der Waals surface area (Å²) in [6.45, 7) is 1.94. The third kappa shape index (κ3) is 3.33. The van der Waals surface area contributed by atoms with Gasteiger partial charge in [-0.05, 0) is 30.2 Å². The van der Waals surface area contributed by atoms with Gasteiger partial charge in [-0.15, -0.1) is 0 Å². The molecule has 1 fully saturated rings. The van der Waals surface area contributed by atoms with Gasteiger partial charge in [-0.25, -0.2) is 0 Å². The van der Waals surface area contributed by atoms with Crippen molar-refractivity contribution in [3.63, 3.8) is 0 Å². The predicted octanol–water partition coefficient (Wildman–Crippen LogP) is 2.13. The van der Waals surface area contributed by atoms with Crippen molar-refractivity contribution >= 4 is 5.91 Å². The molecule has 0 aromatic heterocycles. The van der Waals surface area contributed by atoms with E-state index in [-0.39, 0.29) is 11.8 Å². The van der Waals surface area contributed by atoms with Crippen LogP contribution in [0.5, 0.6) is 11.5 Å². The minimum Gasteiger partial charge on any atom is -0.486 e. The second-order valence-corrected chi connectivity index (χ2v) is 6.59. The molecule has 0 radical (unpaired) electrons. The Balaban J connectivity index is 1.46. The van der Waals surface area contributed by atoms with Crippen LogP contribution >= 0.6 is 0 Å². The van der Waals surface area contributed by atoms with Gasteiger partial charge in [0.25, 0.3) is 5.91 Å². The highest BCUT2D eigenvalue weighted by molar-refractivity contribution is 5.95. The van der Waals surface area contributed by atoms with Crippen LogP contribution in [-0.4, -0.2) is 48.3 Å². The largest absolute Gasteiger partial charge is 0.486 e. The lowest BCUT2D eigenvalue weighted by molar-refractivity contribution is 0.0763. The highest BCUT2D eigenvalue weighted by Crippen LogP contribution is 2.32. The normalized spacial score (nSPS) is 22.0. The number of aliphatic hydroxyl groups is 1. The first-order chi connectivity index (χ1) is 12.2. The number of aliphatic hydroxyl groups excluding tert-OH is 1. The van der Waals surface area contributed by atoms with Gasteiger partial charge in [0.05, 0.1) is 6.10 Å². The average Bonchev–Trinajstić information content (AvgIpc) is 3.02. The zero-order valence-corrected chi connectivity index (χ0v) is 13.9. The van der Waals surface area contributed by atoms with Gasteiger partial charge >= 0.3 is 0 Å². The molecule has 0 bridgehead atoms. The topological polar surface area (TPSA) is 59.0 Å². The van der Waals surface area contributed by atoms with Gasteiger partial charge in [0.15, 0.2) is 11.5 Å². The van der Waals surface area contributed by atoms with Crippen LogP contribution in [0.25, 0.3) is 0 Å². The van der Waals surface area contributed by atoms with Crippen molar-refractivity contribution in [2.24, 2.45) is 5.92 Å². The third-order valence-corrected chi connectivity index (χ3v) is 4.82. The summed E-state index contributed by atoms with van der Waals surface area (Å²) in [5.74, 6) is 1.26. The number of ether oxygens (including phenoxy) is 2. The Hall–Kier alpha value is -2.53. The monoisotopic (exact) mass is 339 g/mol. The fourth-order valence-electron chi connectivity index (χ4n) is 3.50. The molecule has 4 rings (SSSR count). The van der Waals surface area contributed by atoms with E-state index in [1.807, 2.05) is 18.2 Å². The summed E-state index contributed by atoms with van der Waals surface area (Å²) in [5, 5.41) is 10.4. The van der Waals surface area contributed by atoms with E-state index >= 15 is 0 Å². The van der Waals surface area contributed by atoms with Gasteiger partial charge in [0.1, 0.15) is 13.2 Å². The molecule has 2 heterocycles. The number of hydrogen-bond acceptors (Lipinski definition) is 4. The van der Waals surface area contributed by atoms with E-state index in [1.54, 1.807) is 23.1 Å². The SMILES string of the molecule is O=C(c1ccc2c(c1)OCCO2)N1C[C@@H](Cc2ccccc2)[C@H](O)C1. The zero-order valence-electron chi connectivity index (χ0n) is 13.9. The standard InChI is InChI=1S/C20H21NO4/c22-17-13-21(12-16(17)10-14-4-2-1-3-5-14)20(23)15-6-7-18-19(11-15)25-9-8-24-18/h1-7,11,16-17,22H,8-10,12-13H2/t16-,17-/m1/s1. The molecule has 2 aromatic carbocycles. The molecule has 0 aliphatic carbocycles. The number of β-amino-alcohol motifs (C(OH)–C–C–N with tert-alkyl or cyclic N) is 1. The molecule has 5 heteroatoms. The predicted molar refractivity (Wildman–Crippen MR) is 93.0 cm³/mol. The Bertz CT molecular complexity index is 762. The number of benzene rings is 2. The van der Waals surface area contributed by atoms with Crippen LogP contribution in [0.4, 0.5) is 0 Å². The van der Waals surface area contributed by atoms with E-state index in [0.717, 1.165) is 6.42 Å². The lowest BCUT2D eigenvalue weighted by Crippen LogP contribution is -2.29. The molecule has 2 aromatic rings. The number of fused-ring (bicyclic) bond motifs is 1. The van der Waals surface area contributed by atoms with E-state index in [1.165, 1.54) is 5.56 Å². The summed E-state index contributed by atoms with van der Waals surface area (Å²) < 4.78 is 11.0. The van der Waals surface area contributed by atoms with E-state index in [4.69, 9.17) is 9.47 Å². The molecule has 1 saturated heterocycles. The highest BCUT2D eigenvalue weighted by atomic mass is 16.6. The molecule has 5 nitrogen and oxygen atoms in total. The minimum absolute atomic E-state index is 0.0589. The van der Waals surface area contributed by atoms with Gasteiger partial charge in [0.2, 0.25) is 0 Å². The number of carbonyl (C=O) groups is 1. The minimum atomic E-state index is -0.499. The van der Waals surface area contributed by atoms with E-state index in [9.17, 15) is 9.90 Å². The summed E-state index contributed by atoms with van der Waals surface area (Å²) in [6.07, 6.45) is 0.272. The summed E-state index contributed by atoms with van der Waals surface area (Å²) in [7, 11) is 0. The lowest BCUT2D eigenvalue weighted by atomic mass is 9.97. The summed E-state index contributed by atoms with van der Waals surface area (Å²) in [4.78, 5) is 14.5. The van der Waals surface area contributed by atoms with Gasteiger partial charge in [-0.2, -0.15) is 0 Å². The number of hydrogen-bond donors (Lipinski definition) is 1. The van der Waals surface area contributed by atoms with E-state index in [0.29, 0.717) is 43.4 Å². The Morgan fingerprint density at radius 3 is 2.60 bits per heavy atom. The van der Waals surface area contributed by atoms with Crippen LogP contribution in [0.3, 0.4) is 0 Å². The van der Waals surface area contributed by atoms with Crippen LogP contribution in [0.15, 0.2) is 48.5 Å². The number of likely N-dealkylation sites (tertiary alicyclic amines) is 1. The van der Waals surface area contributed by atoms with Crippen molar-refractivity contribution in [3.05, 3.63) is 59.7 Å². The first-order valence-electron chi connectivity index (χ1n) is 8.61. The van der Waals surface area contributed by atoms with Crippen LogP contribution < -0.4 is 9.47 Å². The summed E-state index contributed by atoms with van der Waals surface area (Å²) in [5.41, 5.74) is 1.75. The lowest BCUT2D eigenvalue weighted by Gasteiger charge is -2.20. The maximum atomic E-state index is 12.8. The van der Waals surface area contributed by atoms with Crippen molar-refractivity contribution < 1.29 is 19.4 Å². The molecule has 130 valence electrons. The van der Waals surface area contributed by atoms with E-state index in [2.05, 4.69) is 12.1 Å². The Kier molecular flexibility index (Phi) is 4.32. The molecule has 2 aliphatic rings. The van der Waals surface area contributed by atoms with Gasteiger partial charge < -0.3 is 19.5 Å². The molecule has 0 unspecified atom stereocenters. The molecule has 0 saturated carbocycles. The van der Waals surface area contributed by atoms with Gasteiger partial charge in [0, 0.05) is 24.6 Å². The Labute approximate surface area is 146 Å². The fraction of sp³-hybridized carbons (Fsp3) is 0.350. The molecule has 1 amide bonds.